The minimum Gasteiger partial charge on any atom is -0.487 e. The van der Waals surface area contributed by atoms with Crippen LogP contribution < -0.4 is 14.5 Å². The zero-order chi connectivity index (χ0) is 17.8. The van der Waals surface area contributed by atoms with Crippen molar-refractivity contribution in [3.05, 3.63) is 29.8 Å². The Morgan fingerprint density at radius 1 is 1.20 bits per heavy atom. The highest BCUT2D eigenvalue weighted by Crippen LogP contribution is 2.53. The normalized spacial score (nSPS) is 20.5. The molecule has 6 nitrogen and oxygen atoms in total. The molecule has 6 heteroatoms. The highest BCUT2D eigenvalue weighted by atomic mass is 16.7. The summed E-state index contributed by atoms with van der Waals surface area (Å²) in [4.78, 5) is 17.6. The minimum absolute atomic E-state index is 0.245. The molecule has 4 rings (SSSR count). The first-order chi connectivity index (χ1) is 12.0. The first kappa shape index (κ1) is 16.0. The van der Waals surface area contributed by atoms with Crippen LogP contribution >= 0.6 is 0 Å². The number of methoxy groups -OCH3 is 1. The van der Waals surface area contributed by atoms with Crippen molar-refractivity contribution in [2.24, 2.45) is 0 Å². The Hall–Kier alpha value is -2.47. The van der Waals surface area contributed by atoms with Crippen molar-refractivity contribution in [2.75, 3.05) is 19.3 Å². The number of benzene rings is 2. The minimum atomic E-state index is -0.963. The van der Waals surface area contributed by atoms with Crippen LogP contribution in [0, 0.1) is 0 Å². The van der Waals surface area contributed by atoms with E-state index in [1.807, 2.05) is 24.3 Å². The zero-order valence-electron chi connectivity index (χ0n) is 14.8. The monoisotopic (exact) mass is 343 g/mol. The van der Waals surface area contributed by atoms with E-state index in [4.69, 9.17) is 19.0 Å². The van der Waals surface area contributed by atoms with Gasteiger partial charge >= 0.3 is 5.97 Å². The van der Waals surface area contributed by atoms with Crippen molar-refractivity contribution in [3.8, 4) is 11.5 Å². The van der Waals surface area contributed by atoms with Gasteiger partial charge in [0.25, 0.3) is 6.23 Å². The molecule has 0 saturated heterocycles. The number of anilines is 1. The van der Waals surface area contributed by atoms with Gasteiger partial charge in [0.2, 0.25) is 0 Å². The van der Waals surface area contributed by atoms with Crippen LogP contribution in [0.5, 0.6) is 11.5 Å². The summed E-state index contributed by atoms with van der Waals surface area (Å²) in [6, 6.07) is 7.93. The molecular formula is C19H21NO5. The lowest BCUT2D eigenvalue weighted by atomic mass is 9.90. The molecule has 0 amide bonds. The van der Waals surface area contributed by atoms with E-state index in [1.165, 1.54) is 19.3 Å². The molecule has 2 aliphatic heterocycles. The van der Waals surface area contributed by atoms with E-state index in [-0.39, 0.29) is 5.60 Å². The molecule has 0 fully saturated rings. The number of hydrogen-bond donors (Lipinski definition) is 0. The van der Waals surface area contributed by atoms with E-state index in [0.717, 1.165) is 40.6 Å². The van der Waals surface area contributed by atoms with E-state index in [1.54, 1.807) is 0 Å². The molecule has 1 unspecified atom stereocenters. The standard InChI is InChI=1S/C19H21NO5/c1-19(2)10-9-13-15(25-19)12-8-6-5-7-11(12)14-16(13)24-17(18(21)22-3)20(14)23-4/h5-8,17H,9-10H2,1-4H3. The van der Waals surface area contributed by atoms with Gasteiger partial charge in [0.15, 0.2) is 5.75 Å². The van der Waals surface area contributed by atoms with Gasteiger partial charge in [0.05, 0.1) is 14.2 Å². The first-order valence-corrected chi connectivity index (χ1v) is 8.31. The van der Waals surface area contributed by atoms with Gasteiger partial charge in [-0.15, -0.1) is 0 Å². The van der Waals surface area contributed by atoms with Crippen LogP contribution in [0.1, 0.15) is 25.8 Å². The fourth-order valence-electron chi connectivity index (χ4n) is 3.57. The topological polar surface area (TPSA) is 57.2 Å². The largest absolute Gasteiger partial charge is 0.487 e. The summed E-state index contributed by atoms with van der Waals surface area (Å²) in [6.45, 7) is 4.16. The summed E-state index contributed by atoms with van der Waals surface area (Å²) >= 11 is 0. The van der Waals surface area contributed by atoms with E-state index >= 15 is 0 Å². The maximum absolute atomic E-state index is 12.2. The first-order valence-electron chi connectivity index (χ1n) is 8.31. The summed E-state index contributed by atoms with van der Waals surface area (Å²) in [5.41, 5.74) is 1.47. The Bertz CT molecular complexity index is 861. The highest BCUT2D eigenvalue weighted by Gasteiger charge is 2.43. The van der Waals surface area contributed by atoms with Gasteiger partial charge in [-0.2, -0.15) is 5.06 Å². The molecular weight excluding hydrogens is 322 g/mol. The fourth-order valence-corrected chi connectivity index (χ4v) is 3.57. The Morgan fingerprint density at radius 2 is 1.92 bits per heavy atom. The molecule has 0 aromatic heterocycles. The molecule has 0 spiro atoms. The lowest BCUT2D eigenvalue weighted by Gasteiger charge is -2.34. The second-order valence-corrected chi connectivity index (χ2v) is 6.89. The second kappa shape index (κ2) is 5.52. The van der Waals surface area contributed by atoms with Crippen LogP contribution in [-0.2, 0) is 20.8 Å². The molecule has 2 aromatic carbocycles. The number of nitrogens with zero attached hydrogens (tertiary/aromatic N) is 1. The molecule has 0 N–H and O–H groups in total. The van der Waals surface area contributed by atoms with Crippen LogP contribution in [-0.4, -0.2) is 32.0 Å². The highest BCUT2D eigenvalue weighted by molar-refractivity contribution is 6.04. The Labute approximate surface area is 146 Å². The van der Waals surface area contributed by atoms with Gasteiger partial charge in [-0.25, -0.2) is 4.79 Å². The zero-order valence-corrected chi connectivity index (χ0v) is 14.8. The molecule has 0 bridgehead atoms. The predicted octanol–water partition coefficient (Wildman–Crippen LogP) is 3.20. The van der Waals surface area contributed by atoms with Gasteiger partial charge in [-0.3, -0.25) is 4.84 Å². The Morgan fingerprint density at radius 3 is 2.60 bits per heavy atom. The summed E-state index contributed by atoms with van der Waals surface area (Å²) in [5.74, 6) is 0.960. The lowest BCUT2D eigenvalue weighted by Crippen LogP contribution is -2.41. The van der Waals surface area contributed by atoms with Crippen LogP contribution in [0.15, 0.2) is 24.3 Å². The number of hydrogen-bond acceptors (Lipinski definition) is 6. The second-order valence-electron chi connectivity index (χ2n) is 6.89. The third kappa shape index (κ3) is 2.32. The van der Waals surface area contributed by atoms with Crippen molar-refractivity contribution in [2.45, 2.75) is 38.5 Å². The number of ether oxygens (including phenoxy) is 3. The molecule has 132 valence electrons. The lowest BCUT2D eigenvalue weighted by molar-refractivity contribution is -0.151. The van der Waals surface area contributed by atoms with Crippen molar-refractivity contribution in [1.82, 2.24) is 0 Å². The summed E-state index contributed by atoms with van der Waals surface area (Å²) in [5, 5.41) is 3.38. The smallest absolute Gasteiger partial charge is 0.371 e. The Kier molecular flexibility index (Phi) is 3.54. The molecule has 0 aliphatic carbocycles. The average molecular weight is 343 g/mol. The maximum Gasteiger partial charge on any atom is 0.371 e. The maximum atomic E-state index is 12.2. The fraction of sp³-hybridized carbons (Fsp3) is 0.421. The van der Waals surface area contributed by atoms with Crippen LogP contribution in [0.2, 0.25) is 0 Å². The van der Waals surface area contributed by atoms with Crippen molar-refractivity contribution >= 4 is 22.4 Å². The average Bonchev–Trinajstić information content (AvgIpc) is 3.00. The van der Waals surface area contributed by atoms with Gasteiger partial charge < -0.3 is 14.2 Å². The molecule has 0 radical (unpaired) electrons. The molecule has 2 aliphatic rings. The molecule has 2 heterocycles. The predicted molar refractivity (Wildman–Crippen MR) is 92.9 cm³/mol. The Balaban J connectivity index is 1.99. The number of rotatable bonds is 2. The van der Waals surface area contributed by atoms with Gasteiger partial charge in [0.1, 0.15) is 17.0 Å². The van der Waals surface area contributed by atoms with Crippen molar-refractivity contribution in [1.29, 1.82) is 0 Å². The number of carbonyl (C=O) groups is 1. The molecule has 25 heavy (non-hydrogen) atoms. The van der Waals surface area contributed by atoms with Gasteiger partial charge in [0, 0.05) is 16.3 Å². The number of carbonyl (C=O) groups excluding carboxylic acids is 1. The third-order valence-corrected chi connectivity index (χ3v) is 4.81. The number of esters is 1. The van der Waals surface area contributed by atoms with Gasteiger partial charge in [-0.1, -0.05) is 24.3 Å². The van der Waals surface area contributed by atoms with Crippen molar-refractivity contribution in [3.63, 3.8) is 0 Å². The molecule has 0 saturated carbocycles. The summed E-state index contributed by atoms with van der Waals surface area (Å²) in [6.07, 6.45) is 0.708. The number of hydroxylamine groups is 1. The number of fused-ring (bicyclic) bond motifs is 6. The quantitative estimate of drug-likeness (QED) is 0.781. The SMILES string of the molecule is COC(=O)C1Oc2c3c(c4ccccc4c2N1OC)OC(C)(C)CC3. The third-order valence-electron chi connectivity index (χ3n) is 4.81. The molecule has 1 atom stereocenters. The van der Waals surface area contributed by atoms with Gasteiger partial charge in [-0.05, 0) is 26.7 Å². The van der Waals surface area contributed by atoms with Crippen molar-refractivity contribution < 1.29 is 23.8 Å². The van der Waals surface area contributed by atoms with E-state index in [9.17, 15) is 4.79 Å². The van der Waals surface area contributed by atoms with Crippen LogP contribution in [0.4, 0.5) is 5.69 Å². The molecule has 2 aromatic rings. The van der Waals surface area contributed by atoms with Crippen LogP contribution in [0.3, 0.4) is 0 Å². The van der Waals surface area contributed by atoms with E-state index in [2.05, 4.69) is 13.8 Å². The summed E-state index contributed by atoms with van der Waals surface area (Å²) in [7, 11) is 2.85. The van der Waals surface area contributed by atoms with E-state index < -0.39 is 12.2 Å². The van der Waals surface area contributed by atoms with Crippen LogP contribution in [0.25, 0.3) is 10.8 Å². The van der Waals surface area contributed by atoms with E-state index in [0.29, 0.717) is 5.75 Å². The summed E-state index contributed by atoms with van der Waals surface area (Å²) < 4.78 is 17.1.